The van der Waals surface area contributed by atoms with Crippen molar-refractivity contribution in [1.29, 1.82) is 0 Å². The molecule has 1 atom stereocenters. The first-order valence-electron chi connectivity index (χ1n) is 7.68. The van der Waals surface area contributed by atoms with Gasteiger partial charge >= 0.3 is 6.09 Å². The van der Waals surface area contributed by atoms with Crippen LogP contribution in [-0.2, 0) is 9.53 Å². The van der Waals surface area contributed by atoms with Crippen molar-refractivity contribution >= 4 is 11.9 Å². The standard InChI is InChI=1S/C17H27NO3/c1-15(2,3)21-14(20)18-10-8-12-16(4,5)13(19)7-9-17(12,6)11-18/h8H,7,9-11H2,1-6H3. The van der Waals surface area contributed by atoms with Crippen molar-refractivity contribution in [2.45, 2.75) is 60.0 Å². The minimum Gasteiger partial charge on any atom is -0.444 e. The van der Waals surface area contributed by atoms with Crippen LogP contribution in [0.4, 0.5) is 4.79 Å². The lowest BCUT2D eigenvalue weighted by molar-refractivity contribution is -0.129. The Labute approximate surface area is 127 Å². The van der Waals surface area contributed by atoms with Gasteiger partial charge in [0.05, 0.1) is 0 Å². The molecular weight excluding hydrogens is 266 g/mol. The van der Waals surface area contributed by atoms with Gasteiger partial charge in [-0.1, -0.05) is 18.6 Å². The largest absolute Gasteiger partial charge is 0.444 e. The first kappa shape index (κ1) is 16.1. The second kappa shape index (κ2) is 4.85. The van der Waals surface area contributed by atoms with Gasteiger partial charge < -0.3 is 9.64 Å². The van der Waals surface area contributed by atoms with Gasteiger partial charge in [-0.05, 0) is 41.0 Å². The molecule has 0 aromatic heterocycles. The van der Waals surface area contributed by atoms with E-state index in [1.807, 2.05) is 34.6 Å². The Kier molecular flexibility index (Phi) is 3.71. The van der Waals surface area contributed by atoms with Crippen LogP contribution in [0.2, 0.25) is 0 Å². The van der Waals surface area contributed by atoms with Gasteiger partial charge in [-0.2, -0.15) is 0 Å². The van der Waals surface area contributed by atoms with Gasteiger partial charge in [0.15, 0.2) is 0 Å². The van der Waals surface area contributed by atoms with E-state index in [1.54, 1.807) is 4.90 Å². The van der Waals surface area contributed by atoms with Gasteiger partial charge in [-0.25, -0.2) is 4.79 Å². The maximum Gasteiger partial charge on any atom is 0.410 e. The van der Waals surface area contributed by atoms with Crippen LogP contribution in [0.15, 0.2) is 11.6 Å². The molecule has 0 saturated heterocycles. The Morgan fingerprint density at radius 3 is 2.48 bits per heavy atom. The average molecular weight is 293 g/mol. The molecule has 0 aromatic rings. The van der Waals surface area contributed by atoms with E-state index < -0.39 is 11.0 Å². The van der Waals surface area contributed by atoms with Gasteiger partial charge in [0.1, 0.15) is 11.4 Å². The molecule has 1 unspecified atom stereocenters. The number of Topliss-reactive ketones (excluding diaryl/α,β-unsaturated/α-hetero) is 1. The van der Waals surface area contributed by atoms with E-state index in [-0.39, 0.29) is 11.5 Å². The smallest absolute Gasteiger partial charge is 0.410 e. The van der Waals surface area contributed by atoms with Crippen LogP contribution in [0.25, 0.3) is 0 Å². The van der Waals surface area contributed by atoms with E-state index >= 15 is 0 Å². The molecule has 0 bridgehead atoms. The number of ketones is 1. The summed E-state index contributed by atoms with van der Waals surface area (Å²) in [6, 6.07) is 0. The molecule has 1 amide bonds. The highest BCUT2D eigenvalue weighted by Gasteiger charge is 2.49. The highest BCUT2D eigenvalue weighted by molar-refractivity contribution is 5.89. The SMILES string of the molecule is CC(C)(C)OC(=O)N1CC=C2C(C)(CCC(=O)C2(C)C)C1. The second-order valence-electron chi connectivity index (χ2n) is 8.09. The molecule has 0 aromatic carbocycles. The van der Waals surface area contributed by atoms with Crippen LogP contribution < -0.4 is 0 Å². The summed E-state index contributed by atoms with van der Waals surface area (Å²) in [6.07, 6.45) is 3.18. The molecule has 0 spiro atoms. The third kappa shape index (κ3) is 2.99. The fourth-order valence-electron chi connectivity index (χ4n) is 3.56. The van der Waals surface area contributed by atoms with Crippen molar-refractivity contribution in [2.75, 3.05) is 13.1 Å². The number of fused-ring (bicyclic) bond motifs is 1. The Hall–Kier alpha value is -1.32. The van der Waals surface area contributed by atoms with Crippen LogP contribution in [0.1, 0.15) is 54.4 Å². The highest BCUT2D eigenvalue weighted by Crippen LogP contribution is 2.50. The zero-order valence-electron chi connectivity index (χ0n) is 14.1. The molecule has 0 N–H and O–H groups in total. The highest BCUT2D eigenvalue weighted by atomic mass is 16.6. The van der Waals surface area contributed by atoms with Crippen molar-refractivity contribution in [3.8, 4) is 0 Å². The molecule has 1 fully saturated rings. The van der Waals surface area contributed by atoms with Gasteiger partial charge in [-0.3, -0.25) is 4.79 Å². The van der Waals surface area contributed by atoms with Crippen LogP contribution in [0.5, 0.6) is 0 Å². The van der Waals surface area contributed by atoms with E-state index in [0.717, 1.165) is 6.42 Å². The molecule has 4 nitrogen and oxygen atoms in total. The number of amides is 1. The fourth-order valence-corrected chi connectivity index (χ4v) is 3.56. The maximum absolute atomic E-state index is 12.3. The molecule has 2 aliphatic rings. The lowest BCUT2D eigenvalue weighted by Crippen LogP contribution is -2.52. The second-order valence-corrected chi connectivity index (χ2v) is 8.09. The predicted octanol–water partition coefficient (Wildman–Crippen LogP) is 3.56. The summed E-state index contributed by atoms with van der Waals surface area (Å²) in [5.74, 6) is 0.303. The lowest BCUT2D eigenvalue weighted by atomic mass is 9.58. The van der Waals surface area contributed by atoms with E-state index in [2.05, 4.69) is 13.0 Å². The minimum atomic E-state index is -0.482. The van der Waals surface area contributed by atoms with Crippen molar-refractivity contribution < 1.29 is 14.3 Å². The van der Waals surface area contributed by atoms with Crippen LogP contribution in [0, 0.1) is 10.8 Å². The van der Waals surface area contributed by atoms with Crippen molar-refractivity contribution in [1.82, 2.24) is 4.90 Å². The maximum atomic E-state index is 12.3. The zero-order chi connectivity index (χ0) is 16.1. The Balaban J connectivity index is 2.22. The predicted molar refractivity (Wildman–Crippen MR) is 82.0 cm³/mol. The first-order valence-corrected chi connectivity index (χ1v) is 7.68. The average Bonchev–Trinajstić information content (AvgIpc) is 2.32. The summed E-state index contributed by atoms with van der Waals surface area (Å²) >= 11 is 0. The topological polar surface area (TPSA) is 46.6 Å². The van der Waals surface area contributed by atoms with Gasteiger partial charge in [0.2, 0.25) is 0 Å². The molecule has 1 aliphatic carbocycles. The molecule has 1 saturated carbocycles. The molecule has 21 heavy (non-hydrogen) atoms. The quantitative estimate of drug-likeness (QED) is 0.642. The number of nitrogens with zero attached hydrogens (tertiary/aromatic N) is 1. The van der Waals surface area contributed by atoms with Crippen molar-refractivity contribution in [3.63, 3.8) is 0 Å². The third-order valence-electron chi connectivity index (χ3n) is 4.63. The summed E-state index contributed by atoms with van der Waals surface area (Å²) in [5, 5.41) is 0. The summed E-state index contributed by atoms with van der Waals surface area (Å²) in [6.45, 7) is 12.9. The monoisotopic (exact) mass is 293 g/mol. The minimum absolute atomic E-state index is 0.118. The number of ether oxygens (including phenoxy) is 1. The van der Waals surface area contributed by atoms with Crippen molar-refractivity contribution in [2.24, 2.45) is 10.8 Å². The Bertz CT molecular complexity index is 499. The number of hydrogen-bond donors (Lipinski definition) is 0. The summed E-state index contributed by atoms with van der Waals surface area (Å²) < 4.78 is 5.47. The van der Waals surface area contributed by atoms with E-state index in [0.29, 0.717) is 25.3 Å². The molecule has 1 aliphatic heterocycles. The third-order valence-corrected chi connectivity index (χ3v) is 4.63. The first-order chi connectivity index (χ1) is 9.46. The number of hydrogen-bond acceptors (Lipinski definition) is 3. The number of carbonyl (C=O) groups is 2. The van der Waals surface area contributed by atoms with Gasteiger partial charge in [0, 0.05) is 30.3 Å². The van der Waals surface area contributed by atoms with Gasteiger partial charge in [0.25, 0.3) is 0 Å². The number of rotatable bonds is 0. The zero-order valence-corrected chi connectivity index (χ0v) is 14.1. The summed E-state index contributed by atoms with van der Waals surface area (Å²) in [4.78, 5) is 26.2. The lowest BCUT2D eigenvalue weighted by Gasteiger charge is -2.49. The van der Waals surface area contributed by atoms with Crippen LogP contribution in [0.3, 0.4) is 0 Å². The van der Waals surface area contributed by atoms with E-state index in [4.69, 9.17) is 4.74 Å². The number of carbonyl (C=O) groups excluding carboxylic acids is 2. The normalized spacial score (nSPS) is 28.8. The molecule has 2 rings (SSSR count). The summed E-state index contributed by atoms with van der Waals surface area (Å²) in [7, 11) is 0. The van der Waals surface area contributed by atoms with E-state index in [1.165, 1.54) is 5.57 Å². The van der Waals surface area contributed by atoms with Crippen molar-refractivity contribution in [3.05, 3.63) is 11.6 Å². The molecule has 118 valence electrons. The molecular formula is C17H27NO3. The fraction of sp³-hybridized carbons (Fsp3) is 0.765. The van der Waals surface area contributed by atoms with Crippen LogP contribution in [-0.4, -0.2) is 35.5 Å². The molecule has 1 heterocycles. The Morgan fingerprint density at radius 2 is 1.90 bits per heavy atom. The van der Waals surface area contributed by atoms with E-state index in [9.17, 15) is 9.59 Å². The summed E-state index contributed by atoms with van der Waals surface area (Å²) in [5.41, 5.74) is 0.176. The van der Waals surface area contributed by atoms with Crippen LogP contribution >= 0.6 is 0 Å². The molecule has 4 heteroatoms. The van der Waals surface area contributed by atoms with Gasteiger partial charge in [-0.15, -0.1) is 0 Å². The molecule has 0 radical (unpaired) electrons. The Morgan fingerprint density at radius 1 is 1.29 bits per heavy atom.